The molecule has 0 aliphatic heterocycles. The van der Waals surface area contributed by atoms with E-state index in [1.807, 2.05) is 0 Å². The second kappa shape index (κ2) is 4.37. The SMILES string of the molecule is NC(CCCO)c1nc2ncccc2o1. The van der Waals surface area contributed by atoms with Gasteiger partial charge >= 0.3 is 0 Å². The van der Waals surface area contributed by atoms with Crippen LogP contribution in [0.25, 0.3) is 11.2 Å². The lowest BCUT2D eigenvalue weighted by molar-refractivity contribution is 0.276. The third-order valence-electron chi connectivity index (χ3n) is 2.17. The molecule has 0 fully saturated rings. The Balaban J connectivity index is 2.20. The topological polar surface area (TPSA) is 85.2 Å². The van der Waals surface area contributed by atoms with Crippen LogP contribution in [0.15, 0.2) is 22.7 Å². The van der Waals surface area contributed by atoms with Gasteiger partial charge in [0, 0.05) is 12.8 Å². The van der Waals surface area contributed by atoms with Crippen molar-refractivity contribution in [2.45, 2.75) is 18.9 Å². The van der Waals surface area contributed by atoms with Crippen LogP contribution in [0.1, 0.15) is 24.8 Å². The van der Waals surface area contributed by atoms with Crippen molar-refractivity contribution >= 4 is 11.2 Å². The Morgan fingerprint density at radius 1 is 1.53 bits per heavy atom. The van der Waals surface area contributed by atoms with Crippen LogP contribution in [0.5, 0.6) is 0 Å². The quantitative estimate of drug-likeness (QED) is 0.781. The first kappa shape index (κ1) is 10.1. The molecule has 1 unspecified atom stereocenters. The zero-order valence-corrected chi connectivity index (χ0v) is 8.26. The number of oxazole rings is 1. The molecule has 5 nitrogen and oxygen atoms in total. The number of aliphatic hydroxyl groups is 1. The molecule has 2 aromatic heterocycles. The highest BCUT2D eigenvalue weighted by Gasteiger charge is 2.13. The lowest BCUT2D eigenvalue weighted by atomic mass is 10.2. The van der Waals surface area contributed by atoms with Gasteiger partial charge in [-0.05, 0) is 25.0 Å². The number of hydrogen-bond donors (Lipinski definition) is 2. The van der Waals surface area contributed by atoms with Gasteiger partial charge in [0.05, 0.1) is 6.04 Å². The predicted molar refractivity (Wildman–Crippen MR) is 55.1 cm³/mol. The average molecular weight is 207 g/mol. The van der Waals surface area contributed by atoms with E-state index in [1.54, 1.807) is 18.3 Å². The lowest BCUT2D eigenvalue weighted by Crippen LogP contribution is -2.11. The van der Waals surface area contributed by atoms with Gasteiger partial charge in [-0.3, -0.25) is 0 Å². The average Bonchev–Trinajstić information content (AvgIpc) is 2.69. The molecule has 0 radical (unpaired) electrons. The van der Waals surface area contributed by atoms with Gasteiger partial charge < -0.3 is 15.3 Å². The summed E-state index contributed by atoms with van der Waals surface area (Å²) in [5.41, 5.74) is 7.07. The molecule has 0 spiro atoms. The fourth-order valence-electron chi connectivity index (χ4n) is 1.38. The summed E-state index contributed by atoms with van der Waals surface area (Å²) in [6.45, 7) is 0.131. The fourth-order valence-corrected chi connectivity index (χ4v) is 1.38. The molecule has 0 aliphatic carbocycles. The molecule has 2 aromatic rings. The normalized spacial score (nSPS) is 13.2. The zero-order valence-electron chi connectivity index (χ0n) is 8.26. The van der Waals surface area contributed by atoms with Crippen LogP contribution < -0.4 is 5.73 Å². The molecule has 80 valence electrons. The van der Waals surface area contributed by atoms with Gasteiger partial charge in [-0.25, -0.2) is 4.98 Å². The summed E-state index contributed by atoms with van der Waals surface area (Å²) in [7, 11) is 0. The highest BCUT2D eigenvalue weighted by Crippen LogP contribution is 2.19. The molecular weight excluding hydrogens is 194 g/mol. The van der Waals surface area contributed by atoms with Gasteiger partial charge in [-0.15, -0.1) is 0 Å². The van der Waals surface area contributed by atoms with Crippen LogP contribution in [0.3, 0.4) is 0 Å². The summed E-state index contributed by atoms with van der Waals surface area (Å²) in [5, 5.41) is 8.68. The first-order valence-corrected chi connectivity index (χ1v) is 4.89. The Bertz CT molecular complexity index is 408. The smallest absolute Gasteiger partial charge is 0.213 e. The summed E-state index contributed by atoms with van der Waals surface area (Å²) in [4.78, 5) is 8.24. The van der Waals surface area contributed by atoms with Crippen LogP contribution >= 0.6 is 0 Å². The molecule has 15 heavy (non-hydrogen) atoms. The minimum absolute atomic E-state index is 0.131. The van der Waals surface area contributed by atoms with Crippen molar-refractivity contribution < 1.29 is 9.52 Å². The Hall–Kier alpha value is -1.46. The minimum atomic E-state index is -0.272. The van der Waals surface area contributed by atoms with E-state index in [2.05, 4.69) is 9.97 Å². The Morgan fingerprint density at radius 3 is 3.13 bits per heavy atom. The number of pyridine rings is 1. The third-order valence-corrected chi connectivity index (χ3v) is 2.17. The molecule has 1 atom stereocenters. The van der Waals surface area contributed by atoms with E-state index in [1.165, 1.54) is 0 Å². The maximum atomic E-state index is 8.68. The Kier molecular flexibility index (Phi) is 2.94. The summed E-state index contributed by atoms with van der Waals surface area (Å²) in [6.07, 6.45) is 2.96. The molecule has 3 N–H and O–H groups in total. The van der Waals surface area contributed by atoms with Crippen LogP contribution in [-0.2, 0) is 0 Å². The number of aromatic nitrogens is 2. The number of nitrogens with zero attached hydrogens (tertiary/aromatic N) is 2. The first-order valence-electron chi connectivity index (χ1n) is 4.89. The van der Waals surface area contributed by atoms with E-state index in [4.69, 9.17) is 15.3 Å². The van der Waals surface area contributed by atoms with Crippen LogP contribution in [0.4, 0.5) is 0 Å². The summed E-state index contributed by atoms with van der Waals surface area (Å²) in [6, 6.07) is 3.32. The number of fused-ring (bicyclic) bond motifs is 1. The molecule has 2 heterocycles. The first-order chi connectivity index (χ1) is 7.31. The van der Waals surface area contributed by atoms with Crippen molar-refractivity contribution in [3.63, 3.8) is 0 Å². The summed E-state index contributed by atoms with van der Waals surface area (Å²) >= 11 is 0. The van der Waals surface area contributed by atoms with Crippen molar-refractivity contribution in [1.82, 2.24) is 9.97 Å². The van der Waals surface area contributed by atoms with Crippen LogP contribution in [-0.4, -0.2) is 21.7 Å². The van der Waals surface area contributed by atoms with Crippen molar-refractivity contribution in [1.29, 1.82) is 0 Å². The standard InChI is InChI=1S/C10H13N3O2/c11-7(3-2-6-14)10-13-9-8(15-10)4-1-5-12-9/h1,4-5,7,14H,2-3,6,11H2. The van der Waals surface area contributed by atoms with Gasteiger partial charge in [0.1, 0.15) is 0 Å². The number of nitrogens with two attached hydrogens (primary N) is 1. The van der Waals surface area contributed by atoms with Crippen LogP contribution in [0, 0.1) is 0 Å². The van der Waals surface area contributed by atoms with Crippen molar-refractivity contribution in [2.24, 2.45) is 5.73 Å². The van der Waals surface area contributed by atoms with E-state index >= 15 is 0 Å². The monoisotopic (exact) mass is 207 g/mol. The second-order valence-electron chi connectivity index (χ2n) is 3.35. The molecule has 0 saturated heterocycles. The minimum Gasteiger partial charge on any atom is -0.437 e. The number of rotatable bonds is 4. The highest BCUT2D eigenvalue weighted by atomic mass is 16.3. The van der Waals surface area contributed by atoms with Crippen LogP contribution in [0.2, 0.25) is 0 Å². The molecule has 0 amide bonds. The summed E-state index contributed by atoms with van der Waals surface area (Å²) in [5.74, 6) is 0.483. The molecular formula is C10H13N3O2. The number of hydrogen-bond acceptors (Lipinski definition) is 5. The van der Waals surface area contributed by atoms with E-state index < -0.39 is 0 Å². The molecule has 0 bridgehead atoms. The Labute approximate surface area is 86.9 Å². The van der Waals surface area contributed by atoms with Gasteiger partial charge in [-0.1, -0.05) is 0 Å². The van der Waals surface area contributed by atoms with Gasteiger partial charge in [-0.2, -0.15) is 4.98 Å². The van der Waals surface area contributed by atoms with Crippen molar-refractivity contribution in [2.75, 3.05) is 6.61 Å². The largest absolute Gasteiger partial charge is 0.437 e. The zero-order chi connectivity index (χ0) is 10.7. The maximum Gasteiger partial charge on any atom is 0.213 e. The summed E-state index contributed by atoms with van der Waals surface area (Å²) < 4.78 is 5.45. The Morgan fingerprint density at radius 2 is 2.40 bits per heavy atom. The molecule has 0 saturated carbocycles. The highest BCUT2D eigenvalue weighted by molar-refractivity contribution is 5.66. The van der Waals surface area contributed by atoms with E-state index in [0.29, 0.717) is 30.0 Å². The molecule has 2 rings (SSSR count). The van der Waals surface area contributed by atoms with Crippen molar-refractivity contribution in [3.8, 4) is 0 Å². The van der Waals surface area contributed by atoms with Gasteiger partial charge in [0.15, 0.2) is 11.2 Å². The fraction of sp³-hybridized carbons (Fsp3) is 0.400. The second-order valence-corrected chi connectivity index (χ2v) is 3.35. The van der Waals surface area contributed by atoms with E-state index in [0.717, 1.165) is 0 Å². The molecule has 0 aliphatic rings. The van der Waals surface area contributed by atoms with E-state index in [9.17, 15) is 0 Å². The maximum absolute atomic E-state index is 8.68. The molecule has 5 heteroatoms. The van der Waals surface area contributed by atoms with Gasteiger partial charge in [0.25, 0.3) is 0 Å². The van der Waals surface area contributed by atoms with Gasteiger partial charge in [0.2, 0.25) is 5.89 Å². The number of aliphatic hydroxyl groups excluding tert-OH is 1. The lowest BCUT2D eigenvalue weighted by Gasteiger charge is -2.04. The molecule has 0 aromatic carbocycles. The van der Waals surface area contributed by atoms with Crippen molar-refractivity contribution in [3.05, 3.63) is 24.2 Å². The third kappa shape index (κ3) is 2.14. The predicted octanol–water partition coefficient (Wildman–Crippen LogP) is 0.995. The van der Waals surface area contributed by atoms with E-state index in [-0.39, 0.29) is 12.6 Å².